The summed E-state index contributed by atoms with van der Waals surface area (Å²) in [5, 5.41) is 12.1. The van der Waals surface area contributed by atoms with Crippen molar-refractivity contribution in [3.05, 3.63) is 47.9 Å². The fraction of sp³-hybridized carbons (Fsp3) is 0.389. The number of ether oxygens (including phenoxy) is 1. The van der Waals surface area contributed by atoms with E-state index in [-0.39, 0.29) is 30.0 Å². The fourth-order valence-corrected chi connectivity index (χ4v) is 2.47. The number of para-hydroxylation sites is 1. The third-order valence-electron chi connectivity index (χ3n) is 4.05. The molecule has 1 aromatic carbocycles. The van der Waals surface area contributed by atoms with Gasteiger partial charge in [0.05, 0.1) is 12.6 Å². The lowest BCUT2D eigenvalue weighted by molar-refractivity contribution is 0.00707. The van der Waals surface area contributed by atoms with Gasteiger partial charge in [-0.25, -0.2) is 4.98 Å². The first-order valence-electron chi connectivity index (χ1n) is 8.28. The number of nitrogens with zero attached hydrogens (tertiary/aromatic N) is 2. The normalized spacial score (nSPS) is 15.4. The summed E-state index contributed by atoms with van der Waals surface area (Å²) in [5.41, 5.74) is -0.0686. The molecule has 0 spiro atoms. The molecule has 0 unspecified atom stereocenters. The van der Waals surface area contributed by atoms with Crippen LogP contribution in [0.25, 0.3) is 0 Å². The zero-order chi connectivity index (χ0) is 18.7. The van der Waals surface area contributed by atoms with Crippen LogP contribution in [0.2, 0.25) is 0 Å². The number of amides is 1. The highest BCUT2D eigenvalue weighted by atomic mass is 19.3. The Morgan fingerprint density at radius 3 is 2.65 bits per heavy atom. The molecule has 3 rings (SSSR count). The van der Waals surface area contributed by atoms with Gasteiger partial charge in [-0.05, 0) is 30.9 Å². The summed E-state index contributed by atoms with van der Waals surface area (Å²) in [4.78, 5) is 19.9. The van der Waals surface area contributed by atoms with Gasteiger partial charge in [0.2, 0.25) is 11.7 Å². The van der Waals surface area contributed by atoms with Crippen LogP contribution in [0, 0.1) is 5.92 Å². The van der Waals surface area contributed by atoms with Gasteiger partial charge < -0.3 is 15.2 Å². The zero-order valence-corrected chi connectivity index (χ0v) is 14.2. The maximum atomic E-state index is 13.6. The quantitative estimate of drug-likeness (QED) is 0.790. The highest BCUT2D eigenvalue weighted by Crippen LogP contribution is 2.33. The number of rotatable bonds is 7. The Kier molecular flexibility index (Phi) is 5.13. The summed E-state index contributed by atoms with van der Waals surface area (Å²) in [6.07, 6.45) is 2.88. The second-order valence-corrected chi connectivity index (χ2v) is 6.32. The third kappa shape index (κ3) is 4.32. The van der Waals surface area contributed by atoms with Gasteiger partial charge in [-0.15, -0.1) is 0 Å². The molecular weight excluding hydrogens is 344 g/mol. The molecule has 2 aromatic rings. The number of carbonyl (C=O) groups excluding carboxylic acids is 1. The molecule has 138 valence electrons. The van der Waals surface area contributed by atoms with Crippen LogP contribution in [0.1, 0.15) is 35.9 Å². The minimum absolute atomic E-state index is 0.0686. The van der Waals surface area contributed by atoms with E-state index in [1.54, 1.807) is 30.3 Å². The first-order valence-corrected chi connectivity index (χ1v) is 8.28. The van der Waals surface area contributed by atoms with Crippen LogP contribution in [0.5, 0.6) is 11.6 Å². The number of aliphatic hydroxyl groups is 1. The lowest BCUT2D eigenvalue weighted by atomic mass is 10.2. The largest absolute Gasteiger partial charge is 0.438 e. The van der Waals surface area contributed by atoms with Gasteiger partial charge in [0, 0.05) is 13.1 Å². The summed E-state index contributed by atoms with van der Waals surface area (Å²) >= 11 is 0. The molecule has 1 heterocycles. The standard InChI is InChI=1S/C18H19F2N3O3/c1-18(19,20)17-21-9-13(15(25)22-14(10-24)11-7-8-11)16(23-17)26-12-5-3-2-4-6-12/h2-6,9,11,14,24H,7-8,10H2,1H3,(H,22,25)/t14-/m1/s1. The molecule has 1 aromatic heterocycles. The first kappa shape index (κ1) is 18.2. The number of halogens is 2. The first-order chi connectivity index (χ1) is 12.4. The van der Waals surface area contributed by atoms with E-state index in [0.29, 0.717) is 12.7 Å². The van der Waals surface area contributed by atoms with E-state index in [4.69, 9.17) is 4.74 Å². The van der Waals surface area contributed by atoms with Crippen LogP contribution in [0.15, 0.2) is 36.5 Å². The SMILES string of the molecule is CC(F)(F)c1ncc(C(=O)N[C@H](CO)C2CC2)c(Oc2ccccc2)n1. The average molecular weight is 363 g/mol. The Bertz CT molecular complexity index is 777. The highest BCUT2D eigenvalue weighted by molar-refractivity contribution is 5.96. The van der Waals surface area contributed by atoms with Crippen molar-refractivity contribution in [3.8, 4) is 11.6 Å². The number of hydrogen-bond acceptors (Lipinski definition) is 5. The molecule has 0 radical (unpaired) electrons. The number of benzene rings is 1. The Hall–Kier alpha value is -2.61. The number of hydrogen-bond donors (Lipinski definition) is 2. The monoisotopic (exact) mass is 363 g/mol. The van der Waals surface area contributed by atoms with E-state index in [9.17, 15) is 18.7 Å². The van der Waals surface area contributed by atoms with Gasteiger partial charge in [0.15, 0.2) is 0 Å². The van der Waals surface area contributed by atoms with Crippen LogP contribution < -0.4 is 10.1 Å². The van der Waals surface area contributed by atoms with Crippen LogP contribution in [-0.2, 0) is 5.92 Å². The van der Waals surface area contributed by atoms with E-state index < -0.39 is 17.7 Å². The molecule has 0 aliphatic heterocycles. The molecule has 0 bridgehead atoms. The number of alkyl halides is 2. The minimum Gasteiger partial charge on any atom is -0.438 e. The summed E-state index contributed by atoms with van der Waals surface area (Å²) in [5.74, 6) is -4.26. The van der Waals surface area contributed by atoms with Crippen molar-refractivity contribution < 1.29 is 23.4 Å². The second kappa shape index (κ2) is 7.33. The number of aromatic nitrogens is 2. The molecule has 2 N–H and O–H groups in total. The second-order valence-electron chi connectivity index (χ2n) is 6.32. The minimum atomic E-state index is -3.27. The van der Waals surface area contributed by atoms with Gasteiger partial charge in [-0.3, -0.25) is 4.79 Å². The molecular formula is C18H19F2N3O3. The molecule has 0 saturated heterocycles. The van der Waals surface area contributed by atoms with E-state index in [1.807, 2.05) is 0 Å². The Morgan fingerprint density at radius 2 is 2.08 bits per heavy atom. The van der Waals surface area contributed by atoms with Crippen LogP contribution in [0.3, 0.4) is 0 Å². The van der Waals surface area contributed by atoms with Crippen molar-refractivity contribution in [1.82, 2.24) is 15.3 Å². The third-order valence-corrected chi connectivity index (χ3v) is 4.05. The van der Waals surface area contributed by atoms with E-state index in [2.05, 4.69) is 15.3 Å². The van der Waals surface area contributed by atoms with Crippen molar-refractivity contribution in [3.63, 3.8) is 0 Å². The van der Waals surface area contributed by atoms with Crippen molar-refractivity contribution in [1.29, 1.82) is 0 Å². The van der Waals surface area contributed by atoms with Crippen molar-refractivity contribution in [2.24, 2.45) is 5.92 Å². The molecule has 1 aliphatic rings. The summed E-state index contributed by atoms with van der Waals surface area (Å²) in [6, 6.07) is 8.04. The molecule has 6 nitrogen and oxygen atoms in total. The fourth-order valence-electron chi connectivity index (χ4n) is 2.47. The maximum absolute atomic E-state index is 13.6. The van der Waals surface area contributed by atoms with Crippen molar-refractivity contribution in [2.45, 2.75) is 31.7 Å². The molecule has 1 saturated carbocycles. The highest BCUT2D eigenvalue weighted by Gasteiger charge is 2.34. The van der Waals surface area contributed by atoms with E-state index in [0.717, 1.165) is 19.0 Å². The summed E-state index contributed by atoms with van der Waals surface area (Å²) < 4.78 is 32.7. The van der Waals surface area contributed by atoms with E-state index in [1.165, 1.54) is 0 Å². The lowest BCUT2D eigenvalue weighted by Gasteiger charge is -2.17. The van der Waals surface area contributed by atoms with E-state index >= 15 is 0 Å². The van der Waals surface area contributed by atoms with Gasteiger partial charge >= 0.3 is 5.92 Å². The topological polar surface area (TPSA) is 84.3 Å². The Morgan fingerprint density at radius 1 is 1.38 bits per heavy atom. The molecule has 1 aliphatic carbocycles. The summed E-state index contributed by atoms with van der Waals surface area (Å²) in [6.45, 7) is 0.473. The lowest BCUT2D eigenvalue weighted by Crippen LogP contribution is -2.39. The van der Waals surface area contributed by atoms with Gasteiger partial charge in [-0.1, -0.05) is 18.2 Å². The Labute approximate surface area is 149 Å². The van der Waals surface area contributed by atoms with Crippen LogP contribution in [-0.4, -0.2) is 33.6 Å². The van der Waals surface area contributed by atoms with Gasteiger partial charge in [-0.2, -0.15) is 13.8 Å². The van der Waals surface area contributed by atoms with Crippen molar-refractivity contribution in [2.75, 3.05) is 6.61 Å². The molecule has 1 fully saturated rings. The number of aliphatic hydroxyl groups excluding tert-OH is 1. The predicted octanol–water partition coefficient (Wildman–Crippen LogP) is 2.88. The van der Waals surface area contributed by atoms with Crippen LogP contribution in [0.4, 0.5) is 8.78 Å². The average Bonchev–Trinajstić information content (AvgIpc) is 3.44. The van der Waals surface area contributed by atoms with Crippen LogP contribution >= 0.6 is 0 Å². The van der Waals surface area contributed by atoms with Gasteiger partial charge in [0.1, 0.15) is 11.3 Å². The van der Waals surface area contributed by atoms with Gasteiger partial charge in [0.25, 0.3) is 5.91 Å². The predicted molar refractivity (Wildman–Crippen MR) is 89.2 cm³/mol. The number of carbonyl (C=O) groups is 1. The molecule has 26 heavy (non-hydrogen) atoms. The maximum Gasteiger partial charge on any atom is 0.303 e. The zero-order valence-electron chi connectivity index (χ0n) is 14.2. The molecule has 1 atom stereocenters. The Balaban J connectivity index is 1.90. The molecule has 1 amide bonds. The summed E-state index contributed by atoms with van der Waals surface area (Å²) in [7, 11) is 0. The van der Waals surface area contributed by atoms with Crippen molar-refractivity contribution >= 4 is 5.91 Å². The molecule has 8 heteroatoms. The number of nitrogens with one attached hydrogen (secondary N) is 1. The smallest absolute Gasteiger partial charge is 0.303 e.